The summed E-state index contributed by atoms with van der Waals surface area (Å²) >= 11 is 0. The zero-order valence-electron chi connectivity index (χ0n) is 11.4. The molecule has 1 atom stereocenters. The van der Waals surface area contributed by atoms with Crippen molar-refractivity contribution in [3.8, 4) is 0 Å². The van der Waals surface area contributed by atoms with Gasteiger partial charge in [0.25, 0.3) is 0 Å². The minimum absolute atomic E-state index is 0.393. The molecule has 1 saturated heterocycles. The zero-order valence-corrected chi connectivity index (χ0v) is 11.4. The van der Waals surface area contributed by atoms with E-state index in [1.165, 1.54) is 18.4 Å². The summed E-state index contributed by atoms with van der Waals surface area (Å²) in [6.07, 6.45) is 2.79. The predicted molar refractivity (Wildman–Crippen MR) is 71.3 cm³/mol. The Labute approximate surface area is 109 Å². The zero-order chi connectivity index (χ0) is 13.0. The van der Waals surface area contributed by atoms with Gasteiger partial charge in [-0.3, -0.25) is 4.90 Å². The molecule has 0 saturated carbocycles. The molecule has 1 aliphatic rings. The van der Waals surface area contributed by atoms with Crippen molar-refractivity contribution >= 4 is 0 Å². The number of furan rings is 1. The van der Waals surface area contributed by atoms with Gasteiger partial charge in [-0.25, -0.2) is 0 Å². The van der Waals surface area contributed by atoms with Gasteiger partial charge in [0, 0.05) is 25.3 Å². The van der Waals surface area contributed by atoms with Crippen molar-refractivity contribution in [2.45, 2.75) is 45.9 Å². The molecule has 0 amide bonds. The second kappa shape index (κ2) is 6.36. The minimum atomic E-state index is 0.393. The minimum Gasteiger partial charge on any atom is -0.465 e. The number of hydrogen-bond acceptors (Lipinski definition) is 4. The highest BCUT2D eigenvalue weighted by Crippen LogP contribution is 2.20. The van der Waals surface area contributed by atoms with Crippen LogP contribution in [0.4, 0.5) is 0 Å². The highest BCUT2D eigenvalue weighted by atomic mass is 16.5. The van der Waals surface area contributed by atoms with Gasteiger partial charge in [0.1, 0.15) is 11.5 Å². The first kappa shape index (κ1) is 13.6. The molecule has 1 unspecified atom stereocenters. The third kappa shape index (κ3) is 3.34. The van der Waals surface area contributed by atoms with Crippen LogP contribution in [-0.2, 0) is 17.8 Å². The molecule has 2 rings (SSSR count). The van der Waals surface area contributed by atoms with Gasteiger partial charge in [0.15, 0.2) is 0 Å². The van der Waals surface area contributed by atoms with Crippen molar-refractivity contribution < 1.29 is 9.15 Å². The van der Waals surface area contributed by atoms with Crippen molar-refractivity contribution in [1.29, 1.82) is 0 Å². The summed E-state index contributed by atoms with van der Waals surface area (Å²) in [5.74, 6) is 1.87. The van der Waals surface area contributed by atoms with Crippen LogP contribution in [0, 0.1) is 6.92 Å². The number of ether oxygens (including phenoxy) is 1. The number of likely N-dealkylation sites (tertiary alicyclic amines) is 1. The van der Waals surface area contributed by atoms with E-state index in [0.717, 1.165) is 37.8 Å². The molecular formula is C14H24N2O2. The van der Waals surface area contributed by atoms with Gasteiger partial charge >= 0.3 is 0 Å². The maximum atomic E-state index is 5.72. The number of nitrogens with zero attached hydrogens (tertiary/aromatic N) is 1. The fourth-order valence-electron chi connectivity index (χ4n) is 2.61. The second-order valence-electron chi connectivity index (χ2n) is 4.95. The van der Waals surface area contributed by atoms with Crippen LogP contribution in [0.15, 0.2) is 10.5 Å². The maximum absolute atomic E-state index is 5.72. The fraction of sp³-hybridized carbons (Fsp3) is 0.714. The lowest BCUT2D eigenvalue weighted by Crippen LogP contribution is -2.39. The molecule has 18 heavy (non-hydrogen) atoms. The highest BCUT2D eigenvalue weighted by molar-refractivity contribution is 5.20. The normalized spacial score (nSPS) is 21.4. The third-order valence-electron chi connectivity index (χ3n) is 3.53. The van der Waals surface area contributed by atoms with Gasteiger partial charge in [-0.05, 0) is 39.3 Å². The van der Waals surface area contributed by atoms with E-state index in [2.05, 4.69) is 17.9 Å². The van der Waals surface area contributed by atoms with Gasteiger partial charge in [-0.15, -0.1) is 0 Å². The molecule has 4 nitrogen and oxygen atoms in total. The Morgan fingerprint density at radius 2 is 2.39 bits per heavy atom. The van der Waals surface area contributed by atoms with E-state index >= 15 is 0 Å². The Hall–Kier alpha value is -0.840. The van der Waals surface area contributed by atoms with E-state index < -0.39 is 0 Å². The van der Waals surface area contributed by atoms with Crippen LogP contribution in [0.5, 0.6) is 0 Å². The van der Waals surface area contributed by atoms with Crippen LogP contribution in [-0.4, -0.2) is 30.7 Å². The summed E-state index contributed by atoms with van der Waals surface area (Å²) in [7, 11) is 0. The number of piperidine rings is 1. The molecule has 4 heteroatoms. The molecule has 0 bridgehead atoms. The van der Waals surface area contributed by atoms with Gasteiger partial charge in [-0.2, -0.15) is 0 Å². The van der Waals surface area contributed by atoms with Crippen LogP contribution < -0.4 is 5.73 Å². The van der Waals surface area contributed by atoms with E-state index in [9.17, 15) is 0 Å². The van der Waals surface area contributed by atoms with E-state index in [0.29, 0.717) is 12.6 Å². The summed E-state index contributed by atoms with van der Waals surface area (Å²) in [5.41, 5.74) is 6.86. The van der Waals surface area contributed by atoms with E-state index in [1.54, 1.807) is 0 Å². The molecule has 0 spiro atoms. The second-order valence-corrected chi connectivity index (χ2v) is 4.95. The number of rotatable bonds is 5. The summed E-state index contributed by atoms with van der Waals surface area (Å²) in [4.78, 5) is 2.45. The summed E-state index contributed by atoms with van der Waals surface area (Å²) in [6, 6.07) is 2.08. The fourth-order valence-corrected chi connectivity index (χ4v) is 2.61. The SMILES string of the molecule is CCOC1CCCN(Cc2cc(CN)oc2C)C1. The Balaban J connectivity index is 1.93. The molecule has 102 valence electrons. The Morgan fingerprint density at radius 1 is 1.56 bits per heavy atom. The maximum Gasteiger partial charge on any atom is 0.118 e. The predicted octanol–water partition coefficient (Wildman–Crippen LogP) is 2.05. The van der Waals surface area contributed by atoms with Gasteiger partial charge in [-0.1, -0.05) is 0 Å². The number of nitrogens with two attached hydrogens (primary N) is 1. The number of hydrogen-bond donors (Lipinski definition) is 1. The van der Waals surface area contributed by atoms with Gasteiger partial charge < -0.3 is 14.9 Å². The molecule has 2 N–H and O–H groups in total. The molecule has 0 radical (unpaired) electrons. The van der Waals surface area contributed by atoms with Gasteiger partial charge in [0.2, 0.25) is 0 Å². The monoisotopic (exact) mass is 252 g/mol. The average Bonchev–Trinajstić information content (AvgIpc) is 2.71. The van der Waals surface area contributed by atoms with Gasteiger partial charge in [0.05, 0.1) is 12.6 Å². The first-order valence-corrected chi connectivity index (χ1v) is 6.85. The van der Waals surface area contributed by atoms with E-state index in [1.807, 2.05) is 6.92 Å². The summed E-state index contributed by atoms with van der Waals surface area (Å²) < 4.78 is 11.3. The van der Waals surface area contributed by atoms with Crippen molar-refractivity contribution in [3.63, 3.8) is 0 Å². The van der Waals surface area contributed by atoms with Crippen LogP contribution in [0.1, 0.15) is 36.8 Å². The molecule has 1 aliphatic heterocycles. The van der Waals surface area contributed by atoms with E-state index in [4.69, 9.17) is 14.9 Å². The molecular weight excluding hydrogens is 228 g/mol. The molecule has 0 aromatic carbocycles. The lowest BCUT2D eigenvalue weighted by molar-refractivity contribution is 0.00352. The van der Waals surface area contributed by atoms with Crippen LogP contribution in [0.3, 0.4) is 0 Å². The average molecular weight is 252 g/mol. The first-order chi connectivity index (χ1) is 8.72. The quantitative estimate of drug-likeness (QED) is 0.871. The van der Waals surface area contributed by atoms with Crippen molar-refractivity contribution in [1.82, 2.24) is 4.90 Å². The largest absolute Gasteiger partial charge is 0.465 e. The lowest BCUT2D eigenvalue weighted by atomic mass is 10.1. The molecule has 0 aliphatic carbocycles. The van der Waals surface area contributed by atoms with E-state index in [-0.39, 0.29) is 0 Å². The third-order valence-corrected chi connectivity index (χ3v) is 3.53. The molecule has 1 aromatic rings. The molecule has 1 fully saturated rings. The van der Waals surface area contributed by atoms with Crippen LogP contribution >= 0.6 is 0 Å². The Bertz CT molecular complexity index is 374. The standard InChI is InChI=1S/C14H24N2O2/c1-3-17-13-5-4-6-16(10-13)9-12-7-14(8-15)18-11(12)2/h7,13H,3-6,8-10,15H2,1-2H3. The van der Waals surface area contributed by atoms with Crippen molar-refractivity contribution in [2.75, 3.05) is 19.7 Å². The summed E-state index contributed by atoms with van der Waals surface area (Å²) in [5, 5.41) is 0. The highest BCUT2D eigenvalue weighted by Gasteiger charge is 2.21. The Morgan fingerprint density at radius 3 is 3.06 bits per heavy atom. The van der Waals surface area contributed by atoms with Crippen LogP contribution in [0.25, 0.3) is 0 Å². The van der Waals surface area contributed by atoms with Crippen LogP contribution in [0.2, 0.25) is 0 Å². The van der Waals surface area contributed by atoms with Crippen molar-refractivity contribution in [2.24, 2.45) is 5.73 Å². The smallest absolute Gasteiger partial charge is 0.118 e. The lowest BCUT2D eigenvalue weighted by Gasteiger charge is -2.32. The molecule has 2 heterocycles. The molecule has 1 aromatic heterocycles. The first-order valence-electron chi connectivity index (χ1n) is 6.85. The topological polar surface area (TPSA) is 51.6 Å². The number of aryl methyl sites for hydroxylation is 1. The Kier molecular flexibility index (Phi) is 4.80. The van der Waals surface area contributed by atoms with Crippen molar-refractivity contribution in [3.05, 3.63) is 23.2 Å². The summed E-state index contributed by atoms with van der Waals surface area (Å²) in [6.45, 7) is 8.47.